The summed E-state index contributed by atoms with van der Waals surface area (Å²) in [6, 6.07) is 18.3. The van der Waals surface area contributed by atoms with E-state index in [1.54, 1.807) is 0 Å². The number of nitrogens with zero attached hydrogens (tertiary/aromatic N) is 1. The highest BCUT2D eigenvalue weighted by atomic mass is 16.6. The van der Waals surface area contributed by atoms with E-state index in [0.717, 1.165) is 25.1 Å². The predicted octanol–water partition coefficient (Wildman–Crippen LogP) is 3.15. The van der Waals surface area contributed by atoms with Crippen LogP contribution in [0.25, 0.3) is 0 Å². The molecule has 1 fully saturated rings. The molecule has 1 N–H and O–H groups in total. The predicted molar refractivity (Wildman–Crippen MR) is 94.9 cm³/mol. The van der Waals surface area contributed by atoms with Gasteiger partial charge in [0.15, 0.2) is 0 Å². The average Bonchev–Trinajstić information content (AvgIpc) is 2.63. The lowest BCUT2D eigenvalue weighted by Gasteiger charge is -2.35. The van der Waals surface area contributed by atoms with E-state index >= 15 is 0 Å². The third kappa shape index (κ3) is 4.15. The van der Waals surface area contributed by atoms with Crippen molar-refractivity contribution in [3.63, 3.8) is 0 Å². The van der Waals surface area contributed by atoms with Crippen LogP contribution in [0.15, 0.2) is 54.6 Å². The van der Waals surface area contributed by atoms with Gasteiger partial charge in [-0.15, -0.1) is 0 Å². The topological polar surface area (TPSA) is 41.6 Å². The molecule has 24 heavy (non-hydrogen) atoms. The van der Waals surface area contributed by atoms with Crippen molar-refractivity contribution in [3.05, 3.63) is 71.3 Å². The summed E-state index contributed by atoms with van der Waals surface area (Å²) in [5.41, 5.74) is 3.56. The molecule has 4 nitrogen and oxygen atoms in total. The number of ether oxygens (including phenoxy) is 1. The van der Waals surface area contributed by atoms with Gasteiger partial charge in [-0.05, 0) is 30.0 Å². The number of benzene rings is 2. The highest BCUT2D eigenvalue weighted by Gasteiger charge is 2.28. The van der Waals surface area contributed by atoms with Crippen LogP contribution in [0.5, 0.6) is 0 Å². The Morgan fingerprint density at radius 2 is 1.92 bits per heavy atom. The zero-order valence-electron chi connectivity index (χ0n) is 14.1. The summed E-state index contributed by atoms with van der Waals surface area (Å²) in [6.07, 6.45) is 0.624. The number of carbonyl (C=O) groups excluding carboxylic acids is 1. The largest absolute Gasteiger partial charge is 0.445 e. The van der Waals surface area contributed by atoms with Crippen LogP contribution in [-0.4, -0.2) is 36.7 Å². The van der Waals surface area contributed by atoms with Gasteiger partial charge in [-0.2, -0.15) is 0 Å². The number of nitrogens with one attached hydrogen (secondary N) is 1. The standard InChI is InChI=1S/C20H24N2O2/c1-16-7-5-6-10-18(16)13-19-14-21-11-12-22(19)20(23)24-15-17-8-3-2-4-9-17/h2-10,19,21H,11-15H2,1H3. The molecule has 1 atom stereocenters. The average molecular weight is 324 g/mol. The molecule has 0 saturated carbocycles. The molecule has 0 aliphatic carbocycles. The van der Waals surface area contributed by atoms with Gasteiger partial charge in [-0.1, -0.05) is 54.6 Å². The van der Waals surface area contributed by atoms with Gasteiger partial charge >= 0.3 is 6.09 Å². The zero-order valence-corrected chi connectivity index (χ0v) is 14.1. The molecule has 2 aromatic rings. The van der Waals surface area contributed by atoms with E-state index in [1.807, 2.05) is 41.3 Å². The van der Waals surface area contributed by atoms with E-state index in [9.17, 15) is 4.79 Å². The Labute approximate surface area is 143 Å². The van der Waals surface area contributed by atoms with Crippen LogP contribution in [0.2, 0.25) is 0 Å². The van der Waals surface area contributed by atoms with Gasteiger partial charge in [-0.25, -0.2) is 4.79 Å². The minimum Gasteiger partial charge on any atom is -0.445 e. The van der Waals surface area contributed by atoms with Gasteiger partial charge in [0.1, 0.15) is 6.61 Å². The van der Waals surface area contributed by atoms with Crippen molar-refractivity contribution in [2.75, 3.05) is 19.6 Å². The third-order valence-electron chi connectivity index (χ3n) is 4.51. The number of carbonyl (C=O) groups is 1. The van der Waals surface area contributed by atoms with Gasteiger partial charge < -0.3 is 15.0 Å². The lowest BCUT2D eigenvalue weighted by molar-refractivity contribution is 0.0722. The first-order valence-corrected chi connectivity index (χ1v) is 8.46. The number of hydrogen-bond donors (Lipinski definition) is 1. The second-order valence-electron chi connectivity index (χ2n) is 6.22. The van der Waals surface area contributed by atoms with Crippen LogP contribution in [0.4, 0.5) is 4.79 Å². The maximum atomic E-state index is 12.5. The Kier molecular flexibility index (Phi) is 5.49. The molecular formula is C20H24N2O2. The van der Waals surface area contributed by atoms with Crippen molar-refractivity contribution in [3.8, 4) is 0 Å². The summed E-state index contributed by atoms with van der Waals surface area (Å²) in [5.74, 6) is 0. The maximum Gasteiger partial charge on any atom is 0.410 e. The van der Waals surface area contributed by atoms with E-state index in [1.165, 1.54) is 11.1 Å². The third-order valence-corrected chi connectivity index (χ3v) is 4.51. The van der Waals surface area contributed by atoms with Gasteiger partial charge in [0.2, 0.25) is 0 Å². The van der Waals surface area contributed by atoms with Gasteiger partial charge in [-0.3, -0.25) is 0 Å². The molecule has 4 heteroatoms. The molecule has 1 aliphatic rings. The van der Waals surface area contributed by atoms with E-state index in [4.69, 9.17) is 4.74 Å². The molecule has 0 bridgehead atoms. The fourth-order valence-corrected chi connectivity index (χ4v) is 3.08. The molecule has 1 aliphatic heterocycles. The number of rotatable bonds is 4. The van der Waals surface area contributed by atoms with Crippen LogP contribution in [0, 0.1) is 6.92 Å². The number of piperazine rings is 1. The van der Waals surface area contributed by atoms with Crippen molar-refractivity contribution in [1.29, 1.82) is 0 Å². The van der Waals surface area contributed by atoms with Crippen molar-refractivity contribution in [2.45, 2.75) is 26.0 Å². The summed E-state index contributed by atoms with van der Waals surface area (Å²) in [5, 5.41) is 3.38. The summed E-state index contributed by atoms with van der Waals surface area (Å²) in [4.78, 5) is 14.4. The number of aryl methyl sites for hydroxylation is 1. The van der Waals surface area contributed by atoms with Gasteiger partial charge in [0.05, 0.1) is 6.04 Å². The van der Waals surface area contributed by atoms with E-state index in [0.29, 0.717) is 13.2 Å². The molecule has 3 rings (SSSR count). The molecule has 0 radical (unpaired) electrons. The Morgan fingerprint density at radius 3 is 2.71 bits per heavy atom. The lowest BCUT2D eigenvalue weighted by atomic mass is 9.99. The van der Waals surface area contributed by atoms with Crippen LogP contribution >= 0.6 is 0 Å². The quantitative estimate of drug-likeness (QED) is 0.939. The smallest absolute Gasteiger partial charge is 0.410 e. The first kappa shape index (κ1) is 16.5. The van der Waals surface area contributed by atoms with Crippen molar-refractivity contribution in [2.24, 2.45) is 0 Å². The van der Waals surface area contributed by atoms with Gasteiger partial charge in [0, 0.05) is 19.6 Å². The highest BCUT2D eigenvalue weighted by molar-refractivity contribution is 5.68. The van der Waals surface area contributed by atoms with E-state index in [2.05, 4.69) is 30.4 Å². The van der Waals surface area contributed by atoms with Crippen LogP contribution in [0.1, 0.15) is 16.7 Å². The number of hydrogen-bond acceptors (Lipinski definition) is 3. The first-order valence-electron chi connectivity index (χ1n) is 8.46. The molecule has 0 spiro atoms. The molecule has 0 aromatic heterocycles. The SMILES string of the molecule is Cc1ccccc1CC1CNCCN1C(=O)OCc1ccccc1. The Balaban J connectivity index is 1.63. The summed E-state index contributed by atoms with van der Waals surface area (Å²) in [6.45, 7) is 4.73. The monoisotopic (exact) mass is 324 g/mol. The molecule has 1 amide bonds. The Morgan fingerprint density at radius 1 is 1.17 bits per heavy atom. The maximum absolute atomic E-state index is 12.5. The van der Waals surface area contributed by atoms with E-state index in [-0.39, 0.29) is 12.1 Å². The van der Waals surface area contributed by atoms with Crippen LogP contribution in [-0.2, 0) is 17.8 Å². The fraction of sp³-hybridized carbons (Fsp3) is 0.350. The van der Waals surface area contributed by atoms with Crippen molar-refractivity contribution in [1.82, 2.24) is 10.2 Å². The second-order valence-corrected chi connectivity index (χ2v) is 6.22. The zero-order chi connectivity index (χ0) is 16.8. The number of amides is 1. The van der Waals surface area contributed by atoms with Gasteiger partial charge in [0.25, 0.3) is 0 Å². The summed E-state index contributed by atoms with van der Waals surface area (Å²) in [7, 11) is 0. The highest BCUT2D eigenvalue weighted by Crippen LogP contribution is 2.16. The lowest BCUT2D eigenvalue weighted by Crippen LogP contribution is -2.54. The minimum atomic E-state index is -0.223. The summed E-state index contributed by atoms with van der Waals surface area (Å²) < 4.78 is 5.52. The molecule has 2 aromatic carbocycles. The Hall–Kier alpha value is -2.33. The Bertz CT molecular complexity index is 672. The summed E-state index contributed by atoms with van der Waals surface area (Å²) >= 11 is 0. The van der Waals surface area contributed by atoms with Crippen LogP contribution < -0.4 is 5.32 Å². The molecule has 126 valence electrons. The van der Waals surface area contributed by atoms with Crippen molar-refractivity contribution < 1.29 is 9.53 Å². The fourth-order valence-electron chi connectivity index (χ4n) is 3.08. The first-order chi connectivity index (χ1) is 11.7. The molecular weight excluding hydrogens is 300 g/mol. The molecule has 1 unspecified atom stereocenters. The van der Waals surface area contributed by atoms with Crippen molar-refractivity contribution >= 4 is 6.09 Å². The minimum absolute atomic E-state index is 0.128. The molecule has 1 heterocycles. The van der Waals surface area contributed by atoms with Crippen LogP contribution in [0.3, 0.4) is 0 Å². The molecule has 1 saturated heterocycles. The second kappa shape index (κ2) is 7.97. The van der Waals surface area contributed by atoms with E-state index < -0.39 is 0 Å². The normalized spacial score (nSPS) is 17.5.